The Morgan fingerprint density at radius 1 is 0.571 bits per heavy atom. The number of carbonyl (C=O) groups excluding carboxylic acids is 2. The van der Waals surface area contributed by atoms with Crippen LogP contribution in [-0.4, -0.2) is 47.2 Å². The lowest BCUT2D eigenvalue weighted by Crippen LogP contribution is -2.41. The number of amides is 1. The van der Waals surface area contributed by atoms with Crippen molar-refractivity contribution in [2.45, 2.75) is 212 Å². The third kappa shape index (κ3) is 21.6. The number of rotatable bonds is 30. The second-order valence-electron chi connectivity index (χ2n) is 13.2. The first kappa shape index (κ1) is 38.9. The van der Waals surface area contributed by atoms with Gasteiger partial charge in [-0.1, -0.05) is 174 Å². The van der Waals surface area contributed by atoms with Gasteiger partial charge in [0, 0.05) is 19.4 Å². The summed E-state index contributed by atoms with van der Waals surface area (Å²) in [5.74, 6) is -0.340. The number of unbranched alkanes of at least 4 members (excludes halogenated alkanes) is 25. The summed E-state index contributed by atoms with van der Waals surface area (Å²) in [6.07, 6.45) is 34.9. The minimum absolute atomic E-state index is 0.00642. The van der Waals surface area contributed by atoms with Crippen LogP contribution in [0.5, 0.6) is 0 Å². The van der Waals surface area contributed by atoms with E-state index in [1.54, 1.807) is 4.90 Å². The van der Waals surface area contributed by atoms with E-state index in [1.165, 1.54) is 148 Å². The quantitative estimate of drug-likeness (QED) is 0.0664. The van der Waals surface area contributed by atoms with E-state index in [0.29, 0.717) is 19.4 Å². The Hall–Kier alpha value is -1.10. The fraction of sp³-hybridized carbons (Fsp3) is 0.946. The molecule has 1 aliphatic heterocycles. The van der Waals surface area contributed by atoms with Gasteiger partial charge in [0.05, 0.1) is 12.7 Å². The maximum atomic E-state index is 12.8. The van der Waals surface area contributed by atoms with Crippen LogP contribution in [0.25, 0.3) is 0 Å². The average Bonchev–Trinajstić information content (AvgIpc) is 3.39. The summed E-state index contributed by atoms with van der Waals surface area (Å²) in [5.41, 5.74) is 0. The predicted molar refractivity (Wildman–Crippen MR) is 178 cm³/mol. The van der Waals surface area contributed by atoms with Crippen molar-refractivity contribution in [2.24, 2.45) is 0 Å². The highest BCUT2D eigenvalue weighted by atomic mass is 16.5. The Kier molecular flexibility index (Phi) is 26.6. The average molecular weight is 594 g/mol. The molecule has 0 saturated carbocycles. The lowest BCUT2D eigenvalue weighted by Gasteiger charge is -2.23. The maximum Gasteiger partial charge on any atom is 0.328 e. The zero-order chi connectivity index (χ0) is 30.5. The third-order valence-electron chi connectivity index (χ3n) is 9.11. The van der Waals surface area contributed by atoms with Crippen molar-refractivity contribution in [1.29, 1.82) is 0 Å². The van der Waals surface area contributed by atoms with Crippen LogP contribution in [0.1, 0.15) is 200 Å². The van der Waals surface area contributed by atoms with Crippen LogP contribution >= 0.6 is 0 Å². The van der Waals surface area contributed by atoms with Crippen molar-refractivity contribution in [2.75, 3.05) is 13.2 Å². The molecule has 42 heavy (non-hydrogen) atoms. The van der Waals surface area contributed by atoms with Gasteiger partial charge in [0.2, 0.25) is 5.91 Å². The van der Waals surface area contributed by atoms with Crippen LogP contribution in [0.4, 0.5) is 0 Å². The van der Waals surface area contributed by atoms with Crippen LogP contribution in [0.3, 0.4) is 0 Å². The molecule has 1 fully saturated rings. The molecule has 5 heteroatoms. The van der Waals surface area contributed by atoms with Gasteiger partial charge in [-0.2, -0.15) is 0 Å². The van der Waals surface area contributed by atoms with Crippen LogP contribution in [-0.2, 0) is 14.3 Å². The van der Waals surface area contributed by atoms with Gasteiger partial charge in [0.1, 0.15) is 6.04 Å². The van der Waals surface area contributed by atoms with Crippen molar-refractivity contribution < 1.29 is 19.4 Å². The number of ether oxygens (including phenoxy) is 1. The van der Waals surface area contributed by atoms with Gasteiger partial charge in [0.15, 0.2) is 0 Å². The van der Waals surface area contributed by atoms with Crippen LogP contribution < -0.4 is 0 Å². The minimum Gasteiger partial charge on any atom is -0.464 e. The van der Waals surface area contributed by atoms with Crippen molar-refractivity contribution >= 4 is 11.9 Å². The second-order valence-corrected chi connectivity index (χ2v) is 13.2. The number of carbonyl (C=O) groups is 2. The normalized spacial score (nSPS) is 16.8. The molecule has 0 bridgehead atoms. The molecule has 0 spiro atoms. The Morgan fingerprint density at radius 3 is 1.33 bits per heavy atom. The molecule has 1 unspecified atom stereocenters. The molecule has 2 atom stereocenters. The molecular weight excluding hydrogens is 522 g/mol. The number of likely N-dealkylation sites (tertiary alicyclic amines) is 1. The molecular formula is C37H71NO4. The monoisotopic (exact) mass is 594 g/mol. The van der Waals surface area contributed by atoms with E-state index in [0.717, 1.165) is 25.7 Å². The standard InChI is InChI=1S/C37H71NO4/c1-3-5-7-9-11-13-15-17-19-21-23-25-27-29-31-42-37(41)35-32-34(39)33-38(35)36(40)30-28-26-24-22-20-18-16-14-12-10-8-6-4-2/h34-35,39H,3-33H2,1-2H3/t34?,35-/m0/s1. The number of hydrogen-bond donors (Lipinski definition) is 1. The summed E-state index contributed by atoms with van der Waals surface area (Å²) in [5, 5.41) is 10.2. The molecule has 1 heterocycles. The number of esters is 1. The van der Waals surface area contributed by atoms with Gasteiger partial charge in [0.25, 0.3) is 0 Å². The molecule has 0 aromatic heterocycles. The lowest BCUT2D eigenvalue weighted by atomic mass is 10.0. The van der Waals surface area contributed by atoms with E-state index in [4.69, 9.17) is 4.74 Å². The fourth-order valence-corrected chi connectivity index (χ4v) is 6.32. The van der Waals surface area contributed by atoms with Crippen molar-refractivity contribution in [3.8, 4) is 0 Å². The molecule has 0 aliphatic carbocycles. The summed E-state index contributed by atoms with van der Waals surface area (Å²) in [4.78, 5) is 27.1. The summed E-state index contributed by atoms with van der Waals surface area (Å²) in [6.45, 7) is 5.22. The summed E-state index contributed by atoms with van der Waals surface area (Å²) < 4.78 is 5.54. The first-order valence-electron chi connectivity index (χ1n) is 18.7. The number of nitrogens with zero attached hydrogens (tertiary/aromatic N) is 1. The Morgan fingerprint density at radius 2 is 0.929 bits per heavy atom. The first-order chi connectivity index (χ1) is 20.6. The fourth-order valence-electron chi connectivity index (χ4n) is 6.32. The zero-order valence-corrected chi connectivity index (χ0v) is 28.2. The molecule has 5 nitrogen and oxygen atoms in total. The van der Waals surface area contributed by atoms with Crippen molar-refractivity contribution in [3.63, 3.8) is 0 Å². The van der Waals surface area contributed by atoms with Gasteiger partial charge in [-0.25, -0.2) is 4.79 Å². The maximum absolute atomic E-state index is 12.8. The Labute approximate surface area is 261 Å². The van der Waals surface area contributed by atoms with Gasteiger partial charge in [-0.3, -0.25) is 4.79 Å². The molecule has 1 rings (SSSR count). The first-order valence-corrected chi connectivity index (χ1v) is 18.7. The predicted octanol–water partition coefficient (Wildman–Crippen LogP) is 10.5. The van der Waals surface area contributed by atoms with Crippen molar-refractivity contribution in [3.05, 3.63) is 0 Å². The summed E-state index contributed by atoms with van der Waals surface area (Å²) in [6, 6.07) is -0.610. The highest BCUT2D eigenvalue weighted by Gasteiger charge is 2.39. The smallest absolute Gasteiger partial charge is 0.328 e. The van der Waals surface area contributed by atoms with Crippen molar-refractivity contribution in [1.82, 2.24) is 4.90 Å². The number of β-amino-alcohol motifs (C(OH)–C–C–N with tert-alkyl or cyclic N) is 1. The Bertz CT molecular complexity index is 625. The minimum atomic E-state index is -0.626. The molecule has 1 aliphatic rings. The molecule has 0 aromatic carbocycles. The largest absolute Gasteiger partial charge is 0.464 e. The topological polar surface area (TPSA) is 66.8 Å². The summed E-state index contributed by atoms with van der Waals surface area (Å²) >= 11 is 0. The highest BCUT2D eigenvalue weighted by Crippen LogP contribution is 2.22. The van der Waals surface area contributed by atoms with E-state index in [-0.39, 0.29) is 18.4 Å². The van der Waals surface area contributed by atoms with E-state index >= 15 is 0 Å². The number of hydrogen-bond acceptors (Lipinski definition) is 4. The molecule has 248 valence electrons. The summed E-state index contributed by atoms with van der Waals surface area (Å²) in [7, 11) is 0. The van der Waals surface area contributed by atoms with E-state index in [9.17, 15) is 14.7 Å². The second kappa shape index (κ2) is 28.7. The van der Waals surface area contributed by atoms with Crippen LogP contribution in [0.2, 0.25) is 0 Å². The zero-order valence-electron chi connectivity index (χ0n) is 28.2. The molecule has 0 radical (unpaired) electrons. The van der Waals surface area contributed by atoms with E-state index in [2.05, 4.69) is 13.8 Å². The van der Waals surface area contributed by atoms with Crippen LogP contribution in [0, 0.1) is 0 Å². The molecule has 1 amide bonds. The van der Waals surface area contributed by atoms with Gasteiger partial charge >= 0.3 is 5.97 Å². The molecule has 1 N–H and O–H groups in total. The molecule has 1 saturated heterocycles. The van der Waals surface area contributed by atoms with Gasteiger partial charge in [-0.05, 0) is 12.8 Å². The third-order valence-corrected chi connectivity index (χ3v) is 9.11. The SMILES string of the molecule is CCCCCCCCCCCCCCCCOC(=O)[C@@H]1CC(O)CN1C(=O)CCCCCCCCCCCCCCC. The van der Waals surface area contributed by atoms with E-state index < -0.39 is 12.1 Å². The Balaban J connectivity index is 2.00. The van der Waals surface area contributed by atoms with E-state index in [1.807, 2.05) is 0 Å². The number of aliphatic hydroxyl groups excluding tert-OH is 1. The number of aliphatic hydroxyl groups is 1. The van der Waals surface area contributed by atoms with Gasteiger partial charge < -0.3 is 14.7 Å². The van der Waals surface area contributed by atoms with Crippen LogP contribution in [0.15, 0.2) is 0 Å². The molecule has 0 aromatic rings. The highest BCUT2D eigenvalue weighted by molar-refractivity contribution is 5.85. The lowest BCUT2D eigenvalue weighted by molar-refractivity contribution is -0.153. The van der Waals surface area contributed by atoms with Gasteiger partial charge in [-0.15, -0.1) is 0 Å².